The van der Waals surface area contributed by atoms with Crippen LogP contribution >= 0.6 is 11.6 Å². The molecule has 0 aliphatic rings. The van der Waals surface area contributed by atoms with Crippen LogP contribution in [0.4, 0.5) is 4.39 Å². The third kappa shape index (κ3) is 2.58. The summed E-state index contributed by atoms with van der Waals surface area (Å²) in [6.45, 7) is 0. The lowest BCUT2D eigenvalue weighted by Gasteiger charge is -1.93. The molecule has 84 valence electrons. The summed E-state index contributed by atoms with van der Waals surface area (Å²) in [6.07, 6.45) is 1.46. The normalized spacial score (nSPS) is 10.6. The van der Waals surface area contributed by atoms with Crippen LogP contribution in [0.2, 0.25) is 0 Å². The van der Waals surface area contributed by atoms with Crippen LogP contribution in [0, 0.1) is 5.82 Å². The molecule has 0 fully saturated rings. The van der Waals surface area contributed by atoms with Crippen molar-refractivity contribution in [2.24, 2.45) is 0 Å². The van der Waals surface area contributed by atoms with Crippen LogP contribution in [-0.4, -0.2) is 16.1 Å². The minimum Gasteiger partial charge on any atom is -0.421 e. The van der Waals surface area contributed by atoms with Crippen LogP contribution < -0.4 is 0 Å². The molecule has 0 aliphatic carbocycles. The minimum atomic E-state index is -0.286. The summed E-state index contributed by atoms with van der Waals surface area (Å²) >= 11 is 5.56. The zero-order valence-electron chi connectivity index (χ0n) is 8.49. The third-order valence-electron chi connectivity index (χ3n) is 2.08. The summed E-state index contributed by atoms with van der Waals surface area (Å²) in [4.78, 5) is 0. The molecule has 0 spiro atoms. The number of nitrogens with zero attached hydrogens (tertiary/aromatic N) is 2. The molecule has 0 radical (unpaired) electrons. The Morgan fingerprint density at radius 3 is 2.62 bits per heavy atom. The molecule has 0 atom stereocenters. The molecule has 3 nitrogen and oxygen atoms in total. The fourth-order valence-corrected chi connectivity index (χ4v) is 1.42. The highest BCUT2D eigenvalue weighted by Crippen LogP contribution is 2.18. The van der Waals surface area contributed by atoms with Crippen molar-refractivity contribution in [2.75, 3.05) is 5.88 Å². The second-order valence-electron chi connectivity index (χ2n) is 3.30. The summed E-state index contributed by atoms with van der Waals surface area (Å²) in [7, 11) is 0. The van der Waals surface area contributed by atoms with Gasteiger partial charge in [-0.2, -0.15) is 0 Å². The van der Waals surface area contributed by atoms with Gasteiger partial charge in [-0.05, 0) is 30.7 Å². The Morgan fingerprint density at radius 1 is 1.19 bits per heavy atom. The number of aromatic nitrogens is 2. The first-order valence-corrected chi connectivity index (χ1v) is 5.47. The van der Waals surface area contributed by atoms with E-state index in [-0.39, 0.29) is 5.82 Å². The van der Waals surface area contributed by atoms with Crippen molar-refractivity contribution in [3.8, 4) is 11.5 Å². The van der Waals surface area contributed by atoms with Gasteiger partial charge < -0.3 is 4.42 Å². The zero-order valence-corrected chi connectivity index (χ0v) is 9.25. The SMILES string of the molecule is Fc1ccc(-c2nnc(CCCCl)o2)cc1. The van der Waals surface area contributed by atoms with Crippen LogP contribution in [0.1, 0.15) is 12.3 Å². The van der Waals surface area contributed by atoms with E-state index in [0.717, 1.165) is 6.42 Å². The maximum Gasteiger partial charge on any atom is 0.247 e. The number of rotatable bonds is 4. The van der Waals surface area contributed by atoms with Gasteiger partial charge in [0.05, 0.1) is 0 Å². The average molecular weight is 241 g/mol. The summed E-state index contributed by atoms with van der Waals surface area (Å²) in [5.41, 5.74) is 0.714. The number of alkyl halides is 1. The van der Waals surface area contributed by atoms with Crippen LogP contribution in [0.5, 0.6) is 0 Å². The lowest BCUT2D eigenvalue weighted by molar-refractivity contribution is 0.502. The van der Waals surface area contributed by atoms with Crippen molar-refractivity contribution in [1.82, 2.24) is 10.2 Å². The van der Waals surface area contributed by atoms with Crippen LogP contribution in [-0.2, 0) is 6.42 Å². The molecule has 16 heavy (non-hydrogen) atoms. The highest BCUT2D eigenvalue weighted by atomic mass is 35.5. The van der Waals surface area contributed by atoms with Gasteiger partial charge in [-0.3, -0.25) is 0 Å². The molecule has 0 aliphatic heterocycles. The molecule has 0 N–H and O–H groups in total. The maximum atomic E-state index is 12.7. The number of halogens is 2. The van der Waals surface area contributed by atoms with E-state index in [0.29, 0.717) is 29.6 Å². The van der Waals surface area contributed by atoms with E-state index in [9.17, 15) is 4.39 Å². The number of hydrogen-bond acceptors (Lipinski definition) is 3. The smallest absolute Gasteiger partial charge is 0.247 e. The summed E-state index contributed by atoms with van der Waals surface area (Å²) < 4.78 is 18.1. The lowest BCUT2D eigenvalue weighted by Crippen LogP contribution is -1.85. The molecular weight excluding hydrogens is 231 g/mol. The summed E-state index contributed by atoms with van der Waals surface area (Å²) in [5, 5.41) is 7.77. The first kappa shape index (κ1) is 11.1. The number of benzene rings is 1. The fourth-order valence-electron chi connectivity index (χ4n) is 1.28. The molecule has 1 aromatic carbocycles. The zero-order chi connectivity index (χ0) is 11.4. The monoisotopic (exact) mass is 240 g/mol. The molecule has 1 heterocycles. The molecule has 0 bridgehead atoms. The van der Waals surface area contributed by atoms with Crippen molar-refractivity contribution < 1.29 is 8.81 Å². The molecule has 0 saturated heterocycles. The standard InChI is InChI=1S/C11H10ClFN2O/c12-7-1-2-10-14-15-11(16-10)8-3-5-9(13)6-4-8/h3-6H,1-2,7H2. The van der Waals surface area contributed by atoms with E-state index in [2.05, 4.69) is 10.2 Å². The van der Waals surface area contributed by atoms with Crippen LogP contribution in [0.15, 0.2) is 28.7 Å². The Bertz CT molecular complexity index is 455. The molecule has 5 heteroatoms. The Balaban J connectivity index is 2.15. The summed E-state index contributed by atoms with van der Waals surface area (Å²) in [5.74, 6) is 1.24. The van der Waals surface area contributed by atoms with Crippen LogP contribution in [0.25, 0.3) is 11.5 Å². The van der Waals surface area contributed by atoms with Gasteiger partial charge in [-0.25, -0.2) is 4.39 Å². The van der Waals surface area contributed by atoms with Gasteiger partial charge in [-0.15, -0.1) is 21.8 Å². The van der Waals surface area contributed by atoms with E-state index in [1.54, 1.807) is 12.1 Å². The predicted octanol–water partition coefficient (Wildman–Crippen LogP) is 3.05. The first-order valence-electron chi connectivity index (χ1n) is 4.94. The van der Waals surface area contributed by atoms with E-state index in [1.807, 2.05) is 0 Å². The van der Waals surface area contributed by atoms with Crippen molar-refractivity contribution in [3.05, 3.63) is 36.0 Å². The minimum absolute atomic E-state index is 0.286. The second-order valence-corrected chi connectivity index (χ2v) is 3.68. The highest BCUT2D eigenvalue weighted by molar-refractivity contribution is 6.17. The van der Waals surface area contributed by atoms with Gasteiger partial charge in [0.1, 0.15) is 5.82 Å². The molecule has 0 amide bonds. The third-order valence-corrected chi connectivity index (χ3v) is 2.35. The van der Waals surface area contributed by atoms with Gasteiger partial charge in [-0.1, -0.05) is 0 Å². The molecule has 0 unspecified atom stereocenters. The molecule has 0 saturated carbocycles. The van der Waals surface area contributed by atoms with E-state index in [4.69, 9.17) is 16.0 Å². The Hall–Kier alpha value is -1.42. The maximum absolute atomic E-state index is 12.7. The Morgan fingerprint density at radius 2 is 1.94 bits per heavy atom. The molecular formula is C11H10ClFN2O. The van der Waals surface area contributed by atoms with E-state index in [1.165, 1.54) is 12.1 Å². The number of hydrogen-bond donors (Lipinski definition) is 0. The largest absolute Gasteiger partial charge is 0.421 e. The van der Waals surface area contributed by atoms with E-state index >= 15 is 0 Å². The lowest BCUT2D eigenvalue weighted by atomic mass is 10.2. The Labute approximate surface area is 97.3 Å². The Kier molecular flexibility index (Phi) is 3.51. The van der Waals surface area contributed by atoms with Crippen LogP contribution in [0.3, 0.4) is 0 Å². The predicted molar refractivity (Wildman–Crippen MR) is 58.7 cm³/mol. The molecule has 1 aromatic heterocycles. The van der Waals surface area contributed by atoms with Gasteiger partial charge in [0.25, 0.3) is 0 Å². The summed E-state index contributed by atoms with van der Waals surface area (Å²) in [6, 6.07) is 5.93. The van der Waals surface area contributed by atoms with Gasteiger partial charge in [0, 0.05) is 17.9 Å². The highest BCUT2D eigenvalue weighted by Gasteiger charge is 2.07. The second kappa shape index (κ2) is 5.07. The van der Waals surface area contributed by atoms with E-state index < -0.39 is 0 Å². The van der Waals surface area contributed by atoms with Gasteiger partial charge in [0.15, 0.2) is 0 Å². The molecule has 2 aromatic rings. The average Bonchev–Trinajstić information content (AvgIpc) is 2.76. The van der Waals surface area contributed by atoms with Crippen molar-refractivity contribution in [1.29, 1.82) is 0 Å². The molecule has 2 rings (SSSR count). The quantitative estimate of drug-likeness (QED) is 0.771. The fraction of sp³-hybridized carbons (Fsp3) is 0.273. The van der Waals surface area contributed by atoms with Crippen molar-refractivity contribution in [3.63, 3.8) is 0 Å². The van der Waals surface area contributed by atoms with Gasteiger partial charge in [0.2, 0.25) is 11.8 Å². The first-order chi connectivity index (χ1) is 7.79. The van der Waals surface area contributed by atoms with Gasteiger partial charge >= 0.3 is 0 Å². The topological polar surface area (TPSA) is 38.9 Å². The number of aryl methyl sites for hydroxylation is 1. The van der Waals surface area contributed by atoms with Crippen molar-refractivity contribution >= 4 is 11.6 Å². The van der Waals surface area contributed by atoms with Crippen molar-refractivity contribution in [2.45, 2.75) is 12.8 Å².